The second kappa shape index (κ2) is 6.60. The highest BCUT2D eigenvalue weighted by atomic mass is 16.5. The molecule has 22 heavy (non-hydrogen) atoms. The first-order chi connectivity index (χ1) is 10.7. The van der Waals surface area contributed by atoms with Crippen molar-refractivity contribution < 1.29 is 9.53 Å². The number of hydrogen-bond donors (Lipinski definition) is 0. The normalized spacial score (nSPS) is 16.9. The van der Waals surface area contributed by atoms with E-state index in [2.05, 4.69) is 14.5 Å². The Morgan fingerprint density at radius 3 is 3.23 bits per heavy atom. The summed E-state index contributed by atoms with van der Waals surface area (Å²) in [4.78, 5) is 22.2. The highest BCUT2D eigenvalue weighted by Gasteiger charge is 2.22. The van der Waals surface area contributed by atoms with Gasteiger partial charge in [0.05, 0.1) is 6.20 Å². The van der Waals surface area contributed by atoms with Gasteiger partial charge in [0.25, 0.3) is 5.91 Å². The quantitative estimate of drug-likeness (QED) is 0.837. The number of carbonyl (C=O) groups is 1. The van der Waals surface area contributed by atoms with Crippen LogP contribution in [0, 0.1) is 5.92 Å². The number of amides is 1. The van der Waals surface area contributed by atoms with Crippen molar-refractivity contribution in [1.82, 2.24) is 19.4 Å². The van der Waals surface area contributed by atoms with Gasteiger partial charge >= 0.3 is 0 Å². The molecule has 1 aliphatic heterocycles. The number of hydrogen-bond acceptors (Lipinski definition) is 4. The van der Waals surface area contributed by atoms with Gasteiger partial charge in [0, 0.05) is 45.1 Å². The predicted octanol–water partition coefficient (Wildman–Crippen LogP) is 1.38. The van der Waals surface area contributed by atoms with Crippen molar-refractivity contribution in [3.05, 3.63) is 42.7 Å². The largest absolute Gasteiger partial charge is 0.482 e. The zero-order valence-electron chi connectivity index (χ0n) is 12.7. The molecule has 1 atom stereocenters. The van der Waals surface area contributed by atoms with Crippen molar-refractivity contribution in [1.29, 1.82) is 0 Å². The molecular weight excluding hydrogens is 280 g/mol. The van der Waals surface area contributed by atoms with Gasteiger partial charge in [-0.05, 0) is 24.5 Å². The van der Waals surface area contributed by atoms with Gasteiger partial charge in [0.15, 0.2) is 6.61 Å². The third-order valence-electron chi connectivity index (χ3n) is 4.01. The lowest BCUT2D eigenvalue weighted by atomic mass is 9.97. The van der Waals surface area contributed by atoms with E-state index in [1.165, 1.54) is 0 Å². The Balaban J connectivity index is 1.47. The maximum absolute atomic E-state index is 12.1. The molecule has 0 fully saturated rings. The minimum atomic E-state index is -0.0160. The number of aryl methyl sites for hydroxylation is 1. The summed E-state index contributed by atoms with van der Waals surface area (Å²) in [5.74, 6) is 2.17. The van der Waals surface area contributed by atoms with E-state index >= 15 is 0 Å². The summed E-state index contributed by atoms with van der Waals surface area (Å²) in [6, 6.07) is 3.58. The van der Waals surface area contributed by atoms with Gasteiger partial charge in [-0.1, -0.05) is 0 Å². The van der Waals surface area contributed by atoms with E-state index in [0.29, 0.717) is 11.7 Å². The second-order valence-electron chi connectivity index (χ2n) is 5.65. The zero-order valence-corrected chi connectivity index (χ0v) is 12.7. The summed E-state index contributed by atoms with van der Waals surface area (Å²) < 4.78 is 7.64. The molecule has 3 rings (SSSR count). The van der Waals surface area contributed by atoms with Crippen LogP contribution in [-0.2, 0) is 17.8 Å². The van der Waals surface area contributed by atoms with Gasteiger partial charge in [-0.15, -0.1) is 0 Å². The van der Waals surface area contributed by atoms with Crippen LogP contribution >= 0.6 is 0 Å². The van der Waals surface area contributed by atoms with Crippen molar-refractivity contribution in [3.8, 4) is 5.75 Å². The van der Waals surface area contributed by atoms with Crippen LogP contribution in [0.2, 0.25) is 0 Å². The van der Waals surface area contributed by atoms with Crippen molar-refractivity contribution in [2.75, 3.05) is 20.2 Å². The van der Waals surface area contributed by atoms with E-state index in [1.807, 2.05) is 19.4 Å². The van der Waals surface area contributed by atoms with Crippen LogP contribution in [0.5, 0.6) is 5.75 Å². The molecule has 0 unspecified atom stereocenters. The van der Waals surface area contributed by atoms with Gasteiger partial charge in [0.1, 0.15) is 11.6 Å². The molecule has 2 aromatic heterocycles. The molecule has 3 heterocycles. The lowest BCUT2D eigenvalue weighted by Gasteiger charge is -2.27. The van der Waals surface area contributed by atoms with E-state index in [-0.39, 0.29) is 12.5 Å². The molecule has 0 radical (unpaired) electrons. The minimum absolute atomic E-state index is 0.0160. The molecule has 0 N–H and O–H groups in total. The Labute approximate surface area is 129 Å². The number of aromatic nitrogens is 3. The molecule has 0 aromatic carbocycles. The van der Waals surface area contributed by atoms with E-state index in [0.717, 1.165) is 31.8 Å². The standard InChI is InChI=1S/C16H20N4O2/c1-19(16(21)12-22-14-3-2-5-17-10-14)11-13-4-7-20-8-6-18-15(20)9-13/h2-3,5-6,8,10,13H,4,7,9,11-12H2,1H3/t13-/m1/s1. The Hall–Kier alpha value is -2.37. The van der Waals surface area contributed by atoms with Gasteiger partial charge in [-0.2, -0.15) is 0 Å². The Morgan fingerprint density at radius 2 is 2.41 bits per heavy atom. The molecule has 116 valence electrons. The fourth-order valence-electron chi connectivity index (χ4n) is 2.75. The topological polar surface area (TPSA) is 60.2 Å². The van der Waals surface area contributed by atoms with Crippen molar-refractivity contribution in [2.45, 2.75) is 19.4 Å². The van der Waals surface area contributed by atoms with Crippen LogP contribution in [0.4, 0.5) is 0 Å². The van der Waals surface area contributed by atoms with Crippen molar-refractivity contribution in [3.63, 3.8) is 0 Å². The first-order valence-electron chi connectivity index (χ1n) is 7.49. The number of rotatable bonds is 5. The smallest absolute Gasteiger partial charge is 0.260 e. The number of nitrogens with zero attached hydrogens (tertiary/aromatic N) is 4. The highest BCUT2D eigenvalue weighted by molar-refractivity contribution is 5.77. The molecule has 1 aliphatic rings. The number of fused-ring (bicyclic) bond motifs is 1. The second-order valence-corrected chi connectivity index (χ2v) is 5.65. The number of ether oxygens (including phenoxy) is 1. The molecule has 2 aromatic rings. The maximum Gasteiger partial charge on any atom is 0.260 e. The lowest BCUT2D eigenvalue weighted by molar-refractivity contribution is -0.132. The summed E-state index contributed by atoms with van der Waals surface area (Å²) in [5.41, 5.74) is 0. The first kappa shape index (κ1) is 14.6. The van der Waals surface area contributed by atoms with Crippen LogP contribution in [0.15, 0.2) is 36.9 Å². The number of carbonyl (C=O) groups excluding carboxylic acids is 1. The van der Waals surface area contributed by atoms with E-state index in [4.69, 9.17) is 4.74 Å². The highest BCUT2D eigenvalue weighted by Crippen LogP contribution is 2.19. The van der Waals surface area contributed by atoms with E-state index in [1.54, 1.807) is 29.4 Å². The number of imidazole rings is 1. The zero-order chi connectivity index (χ0) is 15.4. The number of pyridine rings is 1. The number of likely N-dealkylation sites (N-methyl/N-ethyl adjacent to an activating group) is 1. The van der Waals surface area contributed by atoms with Gasteiger partial charge in [0.2, 0.25) is 0 Å². The molecule has 0 saturated heterocycles. The van der Waals surface area contributed by atoms with Gasteiger partial charge in [-0.3, -0.25) is 9.78 Å². The summed E-state index contributed by atoms with van der Waals surface area (Å²) >= 11 is 0. The summed E-state index contributed by atoms with van der Waals surface area (Å²) in [6.07, 6.45) is 9.14. The van der Waals surface area contributed by atoms with Gasteiger partial charge in [-0.25, -0.2) is 4.98 Å². The molecule has 0 saturated carbocycles. The third kappa shape index (κ3) is 3.44. The monoisotopic (exact) mass is 300 g/mol. The predicted molar refractivity (Wildman–Crippen MR) is 81.4 cm³/mol. The molecular formula is C16H20N4O2. The molecule has 0 spiro atoms. The van der Waals surface area contributed by atoms with Crippen LogP contribution in [0.1, 0.15) is 12.2 Å². The fourth-order valence-corrected chi connectivity index (χ4v) is 2.75. The van der Waals surface area contributed by atoms with Crippen molar-refractivity contribution in [2.24, 2.45) is 5.92 Å². The van der Waals surface area contributed by atoms with Gasteiger partial charge < -0.3 is 14.2 Å². The molecule has 6 heteroatoms. The summed E-state index contributed by atoms with van der Waals surface area (Å²) in [5, 5.41) is 0. The molecule has 0 aliphatic carbocycles. The van der Waals surface area contributed by atoms with Crippen LogP contribution < -0.4 is 4.74 Å². The third-order valence-corrected chi connectivity index (χ3v) is 4.01. The molecule has 0 bridgehead atoms. The first-order valence-corrected chi connectivity index (χ1v) is 7.49. The minimum Gasteiger partial charge on any atom is -0.482 e. The maximum atomic E-state index is 12.1. The Bertz CT molecular complexity index is 626. The Morgan fingerprint density at radius 1 is 1.50 bits per heavy atom. The summed E-state index contributed by atoms with van der Waals surface area (Å²) in [6.45, 7) is 1.76. The Kier molecular flexibility index (Phi) is 4.37. The molecule has 6 nitrogen and oxygen atoms in total. The summed E-state index contributed by atoms with van der Waals surface area (Å²) in [7, 11) is 1.83. The average molecular weight is 300 g/mol. The van der Waals surface area contributed by atoms with E-state index in [9.17, 15) is 4.79 Å². The average Bonchev–Trinajstić information content (AvgIpc) is 3.01. The van der Waals surface area contributed by atoms with Crippen LogP contribution in [-0.4, -0.2) is 45.5 Å². The van der Waals surface area contributed by atoms with Crippen LogP contribution in [0.3, 0.4) is 0 Å². The molecule has 1 amide bonds. The fraction of sp³-hybridized carbons (Fsp3) is 0.438. The van der Waals surface area contributed by atoms with E-state index < -0.39 is 0 Å². The SMILES string of the molecule is CN(C[C@@H]1CCn2ccnc2C1)C(=O)COc1cccnc1. The van der Waals surface area contributed by atoms with Crippen LogP contribution in [0.25, 0.3) is 0 Å². The van der Waals surface area contributed by atoms with Crippen molar-refractivity contribution >= 4 is 5.91 Å². The lowest BCUT2D eigenvalue weighted by Crippen LogP contribution is -2.37.